The number of aliphatic hydroxyl groups excluding tert-OH is 1. The smallest absolute Gasteiger partial charge is 0.463 e. The van der Waals surface area contributed by atoms with Crippen molar-refractivity contribution >= 4 is 19.7 Å². The summed E-state index contributed by atoms with van der Waals surface area (Å²) in [4.78, 5) is 34.0. The van der Waals surface area contributed by atoms with Crippen LogP contribution in [0.1, 0.15) is 194 Å². The number of phosphoric ester groups is 1. The topological polar surface area (TPSA) is 131 Å². The lowest BCUT2D eigenvalue weighted by molar-refractivity contribution is -0.147. The van der Waals surface area contributed by atoms with Crippen molar-refractivity contribution in [1.29, 1.82) is 0 Å². The Labute approximate surface area is 385 Å². The summed E-state index contributed by atoms with van der Waals surface area (Å²) in [6.07, 6.45) is 63.6. The maximum atomic E-state index is 12.1. The third kappa shape index (κ3) is 49.8. The number of unbranched alkanes of at least 4 members (excludes halogenated alkanes) is 16. The normalized spacial score (nSPS) is 14.0. The maximum absolute atomic E-state index is 12.1. The molecule has 0 aliphatic carbocycles. The predicted molar refractivity (Wildman–Crippen MR) is 265 cm³/mol. The second-order valence-corrected chi connectivity index (χ2v) is 17.5. The number of nitrogens with one attached hydrogen (secondary N) is 1. The first kappa shape index (κ1) is 59.9. The predicted octanol–water partition coefficient (Wildman–Crippen LogP) is 14.6. The van der Waals surface area contributed by atoms with E-state index in [2.05, 4.69) is 104 Å². The molecule has 0 spiro atoms. The van der Waals surface area contributed by atoms with E-state index in [1.54, 1.807) is 0 Å². The molecule has 0 rings (SSSR count). The molecular formula is C53H90NO8P. The second kappa shape index (κ2) is 48.4. The Bertz CT molecular complexity index is 1350. The number of phosphoric acid groups is 1. The van der Waals surface area contributed by atoms with E-state index in [9.17, 15) is 24.2 Å². The van der Waals surface area contributed by atoms with E-state index in [0.717, 1.165) is 64.2 Å². The lowest BCUT2D eigenvalue weighted by atomic mass is 10.0. The summed E-state index contributed by atoms with van der Waals surface area (Å²) in [7, 11) is -4.44. The largest absolute Gasteiger partial charge is 0.472 e. The number of esters is 1. The van der Waals surface area contributed by atoms with Gasteiger partial charge >= 0.3 is 13.8 Å². The van der Waals surface area contributed by atoms with Gasteiger partial charge in [0, 0.05) is 19.4 Å². The first-order valence-corrected chi connectivity index (χ1v) is 26.2. The van der Waals surface area contributed by atoms with Crippen molar-refractivity contribution in [1.82, 2.24) is 5.32 Å². The highest BCUT2D eigenvalue weighted by atomic mass is 31.2. The molecule has 0 aliphatic rings. The van der Waals surface area contributed by atoms with E-state index < -0.39 is 26.5 Å². The van der Waals surface area contributed by atoms with Crippen LogP contribution in [0.4, 0.5) is 0 Å². The fourth-order valence-corrected chi connectivity index (χ4v) is 7.08. The Hall–Kier alpha value is -3.07. The van der Waals surface area contributed by atoms with Gasteiger partial charge in [-0.25, -0.2) is 4.57 Å². The molecule has 0 saturated heterocycles. The third-order valence-electron chi connectivity index (χ3n) is 10.0. The molecule has 3 N–H and O–H groups in total. The van der Waals surface area contributed by atoms with Crippen molar-refractivity contribution in [3.05, 3.63) is 97.2 Å². The highest BCUT2D eigenvalue weighted by molar-refractivity contribution is 7.47. The minimum atomic E-state index is -4.44. The van der Waals surface area contributed by atoms with Gasteiger partial charge in [0.25, 0.3) is 0 Å². The van der Waals surface area contributed by atoms with E-state index in [0.29, 0.717) is 12.8 Å². The van der Waals surface area contributed by atoms with Crippen LogP contribution in [0.15, 0.2) is 97.2 Å². The molecule has 0 radical (unpaired) electrons. The molecule has 1 amide bonds. The average molecular weight is 900 g/mol. The monoisotopic (exact) mass is 900 g/mol. The van der Waals surface area contributed by atoms with Crippen LogP contribution in [0.2, 0.25) is 0 Å². The molecule has 360 valence electrons. The molecule has 0 bridgehead atoms. The molecule has 9 nitrogen and oxygen atoms in total. The molecule has 0 aliphatic heterocycles. The molecule has 2 atom stereocenters. The maximum Gasteiger partial charge on any atom is 0.472 e. The minimum Gasteiger partial charge on any atom is -0.463 e. The molecular weight excluding hydrogens is 810 g/mol. The Morgan fingerprint density at radius 2 is 0.921 bits per heavy atom. The molecule has 10 heteroatoms. The Morgan fingerprint density at radius 1 is 0.508 bits per heavy atom. The molecule has 0 heterocycles. The number of amides is 1. The molecule has 63 heavy (non-hydrogen) atoms. The van der Waals surface area contributed by atoms with Crippen molar-refractivity contribution in [3.63, 3.8) is 0 Å². The van der Waals surface area contributed by atoms with E-state index in [-0.39, 0.29) is 32.1 Å². The van der Waals surface area contributed by atoms with Gasteiger partial charge in [-0.15, -0.1) is 0 Å². The Kier molecular flexibility index (Phi) is 46.0. The molecule has 2 unspecified atom stereocenters. The van der Waals surface area contributed by atoms with Crippen LogP contribution < -0.4 is 5.32 Å². The number of carbonyl (C=O) groups excluding carboxylic acids is 2. The van der Waals surface area contributed by atoms with Gasteiger partial charge in [-0.05, 0) is 83.5 Å². The van der Waals surface area contributed by atoms with Crippen LogP contribution >= 0.6 is 7.82 Å². The zero-order valence-corrected chi connectivity index (χ0v) is 40.6. The first-order chi connectivity index (χ1) is 30.8. The number of hydrogen-bond acceptors (Lipinski definition) is 7. The SMILES string of the molecule is CC/C=C\C/C=C\C/C=C\C/C=C\C/C=C\C/C=C\CCC(=O)OCC(O)COP(=O)(O)OCCNC(=O)CCCCCCCCCCCCCCC/C=C\C/C=C\CCCCC. The molecule has 0 aromatic rings. The Morgan fingerprint density at radius 3 is 1.40 bits per heavy atom. The van der Waals surface area contributed by atoms with Crippen molar-refractivity contribution in [3.8, 4) is 0 Å². The standard InChI is InChI=1S/C53H90NO8P/c1-3-5-7-9-11-13-15-17-19-21-23-24-25-26-28-29-31-33-35-37-39-41-43-45-52(56)54-47-48-61-63(58,59)62-50-51(55)49-60-53(57)46-44-42-40-38-36-34-32-30-27-22-20-18-16-14-12-10-8-6-4-2/h6,8,11-14,17-20,27,30,34,36,40,42,51,55H,3-5,7,9-10,15-16,21-26,28-29,31-33,35,37-39,41,43-50H2,1-2H3,(H,54,56)(H,58,59)/b8-6-,13-11-,14-12-,19-17-,20-18-,30-27-,36-34-,42-40-. The highest BCUT2D eigenvalue weighted by Crippen LogP contribution is 2.42. The third-order valence-corrected chi connectivity index (χ3v) is 11.0. The van der Waals surface area contributed by atoms with E-state index in [1.807, 2.05) is 12.2 Å². The fraction of sp³-hybridized carbons (Fsp3) is 0.660. The summed E-state index contributed by atoms with van der Waals surface area (Å²) >= 11 is 0. The van der Waals surface area contributed by atoms with Gasteiger partial charge in [0.05, 0.1) is 13.2 Å². The van der Waals surface area contributed by atoms with E-state index in [1.165, 1.54) is 96.3 Å². The van der Waals surface area contributed by atoms with Crippen LogP contribution in [-0.2, 0) is 27.9 Å². The summed E-state index contributed by atoms with van der Waals surface area (Å²) in [6.45, 7) is 3.33. The summed E-state index contributed by atoms with van der Waals surface area (Å²) in [5, 5.41) is 12.7. The second-order valence-electron chi connectivity index (χ2n) is 16.0. The first-order valence-electron chi connectivity index (χ1n) is 24.7. The minimum absolute atomic E-state index is 0.0678. The van der Waals surface area contributed by atoms with Crippen LogP contribution in [0.25, 0.3) is 0 Å². The number of aliphatic hydroxyl groups is 1. The number of hydrogen-bond donors (Lipinski definition) is 3. The lowest BCUT2D eigenvalue weighted by Crippen LogP contribution is -2.27. The number of rotatable bonds is 45. The van der Waals surface area contributed by atoms with Crippen molar-refractivity contribution < 1.29 is 37.9 Å². The summed E-state index contributed by atoms with van der Waals surface area (Å²) in [6, 6.07) is 0. The highest BCUT2D eigenvalue weighted by Gasteiger charge is 2.23. The molecule has 0 aromatic carbocycles. The van der Waals surface area contributed by atoms with Crippen LogP contribution in [0.5, 0.6) is 0 Å². The Balaban J connectivity index is 3.66. The van der Waals surface area contributed by atoms with Gasteiger partial charge < -0.3 is 20.1 Å². The van der Waals surface area contributed by atoms with E-state index in [4.69, 9.17) is 13.8 Å². The average Bonchev–Trinajstić information content (AvgIpc) is 3.27. The van der Waals surface area contributed by atoms with Crippen molar-refractivity contribution in [2.45, 2.75) is 200 Å². The van der Waals surface area contributed by atoms with Gasteiger partial charge in [0.15, 0.2) is 0 Å². The van der Waals surface area contributed by atoms with Crippen LogP contribution in [0.3, 0.4) is 0 Å². The lowest BCUT2D eigenvalue weighted by Gasteiger charge is -2.15. The number of ether oxygens (including phenoxy) is 1. The molecule has 0 saturated carbocycles. The molecule has 0 fully saturated rings. The van der Waals surface area contributed by atoms with Gasteiger partial charge in [-0.1, -0.05) is 195 Å². The number of allylic oxidation sites excluding steroid dienone is 16. The molecule has 0 aromatic heterocycles. The van der Waals surface area contributed by atoms with Crippen LogP contribution in [0, 0.1) is 0 Å². The van der Waals surface area contributed by atoms with Crippen molar-refractivity contribution in [2.24, 2.45) is 0 Å². The summed E-state index contributed by atoms with van der Waals surface area (Å²) < 4.78 is 26.9. The van der Waals surface area contributed by atoms with Crippen LogP contribution in [-0.4, -0.2) is 54.3 Å². The number of carbonyl (C=O) groups is 2. The quantitative estimate of drug-likeness (QED) is 0.0238. The zero-order chi connectivity index (χ0) is 46.0. The van der Waals surface area contributed by atoms with Gasteiger partial charge in [-0.3, -0.25) is 18.6 Å². The summed E-state index contributed by atoms with van der Waals surface area (Å²) in [5.41, 5.74) is 0. The van der Waals surface area contributed by atoms with Gasteiger partial charge in [-0.2, -0.15) is 0 Å². The fourth-order valence-electron chi connectivity index (χ4n) is 6.32. The zero-order valence-electron chi connectivity index (χ0n) is 39.7. The van der Waals surface area contributed by atoms with Gasteiger partial charge in [0.1, 0.15) is 12.7 Å². The van der Waals surface area contributed by atoms with Crippen molar-refractivity contribution in [2.75, 3.05) is 26.4 Å². The van der Waals surface area contributed by atoms with E-state index >= 15 is 0 Å². The van der Waals surface area contributed by atoms with Gasteiger partial charge in [0.2, 0.25) is 5.91 Å². The summed E-state index contributed by atoms with van der Waals surface area (Å²) in [5.74, 6) is -0.607.